The molecule has 0 fully saturated rings. The van der Waals surface area contributed by atoms with Crippen LogP contribution in [0.1, 0.15) is 30.8 Å². The predicted octanol–water partition coefficient (Wildman–Crippen LogP) is 1.45. The quantitative estimate of drug-likeness (QED) is 0.766. The summed E-state index contributed by atoms with van der Waals surface area (Å²) in [6.07, 6.45) is 3.63. The molecule has 13 heavy (non-hydrogen) atoms. The fourth-order valence-electron chi connectivity index (χ4n) is 0.889. The minimum atomic E-state index is -0.196. The smallest absolute Gasteiger partial charge is 0.288 e. The molecule has 0 spiro atoms. The Morgan fingerprint density at radius 1 is 1.69 bits per heavy atom. The van der Waals surface area contributed by atoms with Gasteiger partial charge in [-0.1, -0.05) is 13.8 Å². The van der Waals surface area contributed by atoms with Crippen LogP contribution in [0.15, 0.2) is 17.0 Å². The second kappa shape index (κ2) is 4.64. The minimum Gasteiger partial charge on any atom is -0.438 e. The van der Waals surface area contributed by atoms with Crippen LogP contribution in [0.5, 0.6) is 0 Å². The first kappa shape index (κ1) is 9.77. The summed E-state index contributed by atoms with van der Waals surface area (Å²) in [6.45, 7) is 4.90. The third-order valence-corrected chi connectivity index (χ3v) is 1.66. The van der Waals surface area contributed by atoms with E-state index in [1.807, 2.05) is 0 Å². The highest BCUT2D eigenvalue weighted by Gasteiger charge is 2.07. The number of oxazole rings is 1. The van der Waals surface area contributed by atoms with Crippen LogP contribution in [0.25, 0.3) is 0 Å². The molecule has 0 unspecified atom stereocenters. The van der Waals surface area contributed by atoms with E-state index in [0.29, 0.717) is 12.5 Å². The second-order valence-electron chi connectivity index (χ2n) is 3.30. The Morgan fingerprint density at radius 2 is 2.46 bits per heavy atom. The zero-order valence-electron chi connectivity index (χ0n) is 7.91. The van der Waals surface area contributed by atoms with Crippen LogP contribution >= 0.6 is 0 Å². The lowest BCUT2D eigenvalue weighted by Crippen LogP contribution is -2.24. The van der Waals surface area contributed by atoms with Crippen molar-refractivity contribution in [2.75, 3.05) is 6.54 Å². The molecule has 0 saturated heterocycles. The van der Waals surface area contributed by atoms with Crippen LogP contribution in [0.4, 0.5) is 0 Å². The average molecular weight is 182 g/mol. The van der Waals surface area contributed by atoms with Crippen molar-refractivity contribution in [3.8, 4) is 0 Å². The zero-order chi connectivity index (χ0) is 9.68. The van der Waals surface area contributed by atoms with E-state index in [1.54, 1.807) is 0 Å². The van der Waals surface area contributed by atoms with Crippen molar-refractivity contribution in [2.45, 2.75) is 20.3 Å². The van der Waals surface area contributed by atoms with Gasteiger partial charge in [-0.25, -0.2) is 4.98 Å². The summed E-state index contributed by atoms with van der Waals surface area (Å²) in [6, 6.07) is 0. The summed E-state index contributed by atoms with van der Waals surface area (Å²) in [5.74, 6) is 0.664. The second-order valence-corrected chi connectivity index (χ2v) is 3.30. The fourth-order valence-corrected chi connectivity index (χ4v) is 0.889. The van der Waals surface area contributed by atoms with Gasteiger partial charge in [-0.3, -0.25) is 4.79 Å². The largest absolute Gasteiger partial charge is 0.438 e. The number of aromatic nitrogens is 1. The zero-order valence-corrected chi connectivity index (χ0v) is 7.91. The molecule has 1 heterocycles. The van der Waals surface area contributed by atoms with Gasteiger partial charge in [0.1, 0.15) is 0 Å². The molecule has 1 amide bonds. The fraction of sp³-hybridized carbons (Fsp3) is 0.556. The van der Waals surface area contributed by atoms with Crippen LogP contribution in [0.2, 0.25) is 0 Å². The van der Waals surface area contributed by atoms with Crippen LogP contribution in [0, 0.1) is 5.92 Å². The first-order chi connectivity index (χ1) is 6.20. The number of carbonyl (C=O) groups excluding carboxylic acids is 1. The Hall–Kier alpha value is -1.32. The summed E-state index contributed by atoms with van der Waals surface area (Å²) in [4.78, 5) is 14.9. The Labute approximate surface area is 77.3 Å². The monoisotopic (exact) mass is 182 g/mol. The van der Waals surface area contributed by atoms with E-state index in [-0.39, 0.29) is 11.7 Å². The third-order valence-electron chi connectivity index (χ3n) is 1.66. The van der Waals surface area contributed by atoms with Gasteiger partial charge in [0, 0.05) is 6.54 Å². The van der Waals surface area contributed by atoms with Gasteiger partial charge in [0.15, 0.2) is 6.39 Å². The molecule has 1 aromatic heterocycles. The number of hydrogen-bond acceptors (Lipinski definition) is 3. The van der Waals surface area contributed by atoms with Gasteiger partial charge in [0.05, 0.1) is 6.20 Å². The van der Waals surface area contributed by atoms with Gasteiger partial charge in [-0.15, -0.1) is 0 Å². The van der Waals surface area contributed by atoms with E-state index in [1.165, 1.54) is 12.6 Å². The standard InChI is InChI=1S/C9H14N2O2/c1-7(2)3-4-11-9(12)8-5-10-6-13-8/h5-7H,3-4H2,1-2H3,(H,11,12). The lowest BCUT2D eigenvalue weighted by Gasteiger charge is -2.04. The molecule has 0 aliphatic carbocycles. The Balaban J connectivity index is 2.27. The lowest BCUT2D eigenvalue weighted by atomic mass is 10.1. The summed E-state index contributed by atoms with van der Waals surface area (Å²) in [7, 11) is 0. The van der Waals surface area contributed by atoms with E-state index in [9.17, 15) is 4.79 Å². The molecule has 1 rings (SSSR count). The number of rotatable bonds is 4. The Bertz CT molecular complexity index is 255. The highest BCUT2D eigenvalue weighted by molar-refractivity contribution is 5.90. The van der Waals surface area contributed by atoms with Crippen LogP contribution in [-0.2, 0) is 0 Å². The van der Waals surface area contributed by atoms with E-state index >= 15 is 0 Å². The summed E-state index contributed by atoms with van der Waals surface area (Å²) >= 11 is 0. The van der Waals surface area contributed by atoms with Crippen molar-refractivity contribution in [2.24, 2.45) is 5.92 Å². The number of hydrogen-bond donors (Lipinski definition) is 1. The highest BCUT2D eigenvalue weighted by atomic mass is 16.3. The van der Waals surface area contributed by atoms with Gasteiger partial charge in [-0.2, -0.15) is 0 Å². The molecule has 0 saturated carbocycles. The molecule has 0 aliphatic heterocycles. The summed E-state index contributed by atoms with van der Waals surface area (Å²) < 4.78 is 4.83. The van der Waals surface area contributed by atoms with Gasteiger partial charge in [0.2, 0.25) is 5.76 Å². The lowest BCUT2D eigenvalue weighted by molar-refractivity contribution is 0.0924. The first-order valence-electron chi connectivity index (χ1n) is 4.37. The first-order valence-corrected chi connectivity index (χ1v) is 4.37. The van der Waals surface area contributed by atoms with Crippen molar-refractivity contribution in [3.63, 3.8) is 0 Å². The molecule has 1 N–H and O–H groups in total. The van der Waals surface area contributed by atoms with Crippen molar-refractivity contribution >= 4 is 5.91 Å². The number of carbonyl (C=O) groups is 1. The molecule has 0 radical (unpaired) electrons. The van der Waals surface area contributed by atoms with E-state index in [4.69, 9.17) is 4.42 Å². The molecule has 72 valence electrons. The number of nitrogens with zero attached hydrogens (tertiary/aromatic N) is 1. The van der Waals surface area contributed by atoms with Crippen LogP contribution in [-0.4, -0.2) is 17.4 Å². The maximum Gasteiger partial charge on any atom is 0.288 e. The van der Waals surface area contributed by atoms with Crippen LogP contribution in [0.3, 0.4) is 0 Å². The van der Waals surface area contributed by atoms with Gasteiger partial charge < -0.3 is 9.73 Å². The molecule has 4 nitrogen and oxygen atoms in total. The van der Waals surface area contributed by atoms with Gasteiger partial charge in [0.25, 0.3) is 5.91 Å². The molecule has 0 bridgehead atoms. The third kappa shape index (κ3) is 3.27. The minimum absolute atomic E-state index is 0.196. The topological polar surface area (TPSA) is 55.1 Å². The SMILES string of the molecule is CC(C)CCNC(=O)c1cnco1. The maximum atomic E-state index is 11.2. The summed E-state index contributed by atoms with van der Waals surface area (Å²) in [5, 5.41) is 2.74. The average Bonchev–Trinajstić information content (AvgIpc) is 2.55. The van der Waals surface area contributed by atoms with Crippen molar-refractivity contribution in [1.82, 2.24) is 10.3 Å². The van der Waals surface area contributed by atoms with Crippen molar-refractivity contribution in [1.29, 1.82) is 0 Å². The summed E-state index contributed by atoms with van der Waals surface area (Å²) in [5.41, 5.74) is 0. The van der Waals surface area contributed by atoms with E-state index in [2.05, 4.69) is 24.1 Å². The Kier molecular flexibility index (Phi) is 3.49. The molecule has 0 aromatic carbocycles. The molecule has 4 heteroatoms. The molecular formula is C9H14N2O2. The van der Waals surface area contributed by atoms with Crippen molar-refractivity contribution in [3.05, 3.63) is 18.4 Å². The molecule has 1 aromatic rings. The van der Waals surface area contributed by atoms with Crippen LogP contribution < -0.4 is 5.32 Å². The van der Waals surface area contributed by atoms with E-state index < -0.39 is 0 Å². The molecule has 0 atom stereocenters. The van der Waals surface area contributed by atoms with E-state index in [0.717, 1.165) is 6.42 Å². The number of nitrogens with one attached hydrogen (secondary N) is 1. The maximum absolute atomic E-state index is 11.2. The Morgan fingerprint density at radius 3 is 3.00 bits per heavy atom. The molecular weight excluding hydrogens is 168 g/mol. The predicted molar refractivity (Wildman–Crippen MR) is 48.3 cm³/mol. The number of amides is 1. The highest BCUT2D eigenvalue weighted by Crippen LogP contribution is 1.99. The van der Waals surface area contributed by atoms with Crippen molar-refractivity contribution < 1.29 is 9.21 Å². The van der Waals surface area contributed by atoms with Gasteiger partial charge >= 0.3 is 0 Å². The normalized spacial score (nSPS) is 10.4. The molecule has 0 aliphatic rings. The van der Waals surface area contributed by atoms with Gasteiger partial charge in [-0.05, 0) is 12.3 Å².